The number of methoxy groups -OCH3 is 2. The highest BCUT2D eigenvalue weighted by atomic mass is 35.5. The van der Waals surface area contributed by atoms with Crippen molar-refractivity contribution in [2.45, 2.75) is 0 Å². The molecule has 1 N–H and O–H groups in total. The van der Waals surface area contributed by atoms with Gasteiger partial charge in [0.2, 0.25) is 0 Å². The van der Waals surface area contributed by atoms with Gasteiger partial charge in [0.1, 0.15) is 16.7 Å². The van der Waals surface area contributed by atoms with Crippen LogP contribution in [0.1, 0.15) is 0 Å². The molecule has 1 heterocycles. The molecule has 0 fully saturated rings. The van der Waals surface area contributed by atoms with E-state index in [1.165, 1.54) is 0 Å². The third-order valence-electron chi connectivity index (χ3n) is 2.37. The fourth-order valence-corrected chi connectivity index (χ4v) is 1.70. The summed E-state index contributed by atoms with van der Waals surface area (Å²) in [6.45, 7) is 0. The number of rotatable bonds is 4. The fraction of sp³-hybridized carbons (Fsp3) is 0.154. The van der Waals surface area contributed by atoms with E-state index in [1.54, 1.807) is 26.5 Å². The minimum Gasteiger partial charge on any atom is -0.497 e. The minimum absolute atomic E-state index is 0.440. The standard InChI is InChI=1S/C13H13ClN2O2/c1-17-11-5-10(6-12(8-11)18-2)16-9-3-4-15-13(14)7-9/h3-8H,1-2H3,(H,15,16). The van der Waals surface area contributed by atoms with Gasteiger partial charge in [0.25, 0.3) is 0 Å². The van der Waals surface area contributed by atoms with Crippen LogP contribution in [0.25, 0.3) is 0 Å². The van der Waals surface area contributed by atoms with Gasteiger partial charge in [0.15, 0.2) is 0 Å². The van der Waals surface area contributed by atoms with Crippen molar-refractivity contribution in [2.24, 2.45) is 0 Å². The number of hydrogen-bond donors (Lipinski definition) is 1. The highest BCUT2D eigenvalue weighted by Gasteiger charge is 2.02. The van der Waals surface area contributed by atoms with Gasteiger partial charge in [0.05, 0.1) is 14.2 Å². The summed E-state index contributed by atoms with van der Waals surface area (Å²) in [6, 6.07) is 9.13. The topological polar surface area (TPSA) is 43.4 Å². The largest absolute Gasteiger partial charge is 0.497 e. The van der Waals surface area contributed by atoms with Crippen LogP contribution in [-0.2, 0) is 0 Å². The maximum Gasteiger partial charge on any atom is 0.131 e. The highest BCUT2D eigenvalue weighted by Crippen LogP contribution is 2.28. The number of aromatic nitrogens is 1. The molecule has 2 aromatic rings. The molecule has 1 aromatic heterocycles. The van der Waals surface area contributed by atoms with Gasteiger partial charge in [-0.25, -0.2) is 4.98 Å². The maximum atomic E-state index is 5.83. The lowest BCUT2D eigenvalue weighted by Crippen LogP contribution is -1.94. The quantitative estimate of drug-likeness (QED) is 0.859. The van der Waals surface area contributed by atoms with E-state index < -0.39 is 0 Å². The molecule has 0 aliphatic rings. The van der Waals surface area contributed by atoms with Crippen LogP contribution in [-0.4, -0.2) is 19.2 Å². The summed E-state index contributed by atoms with van der Waals surface area (Å²) in [5, 5.41) is 3.65. The van der Waals surface area contributed by atoms with Gasteiger partial charge >= 0.3 is 0 Å². The molecule has 18 heavy (non-hydrogen) atoms. The second kappa shape index (κ2) is 5.60. The Labute approximate surface area is 111 Å². The van der Waals surface area contributed by atoms with Crippen LogP contribution in [0.3, 0.4) is 0 Å². The van der Waals surface area contributed by atoms with Gasteiger partial charge < -0.3 is 14.8 Å². The van der Waals surface area contributed by atoms with Gasteiger partial charge in [0, 0.05) is 35.8 Å². The molecule has 0 saturated carbocycles. The zero-order valence-corrected chi connectivity index (χ0v) is 10.9. The molecule has 0 aliphatic heterocycles. The summed E-state index contributed by atoms with van der Waals surface area (Å²) in [5.41, 5.74) is 1.71. The third kappa shape index (κ3) is 3.05. The van der Waals surface area contributed by atoms with Crippen LogP contribution in [0.4, 0.5) is 11.4 Å². The van der Waals surface area contributed by atoms with Crippen molar-refractivity contribution in [2.75, 3.05) is 19.5 Å². The first kappa shape index (κ1) is 12.5. The van der Waals surface area contributed by atoms with Gasteiger partial charge in [-0.05, 0) is 12.1 Å². The van der Waals surface area contributed by atoms with Crippen molar-refractivity contribution in [1.82, 2.24) is 4.98 Å². The molecule has 0 bridgehead atoms. The Morgan fingerprint density at radius 1 is 1.00 bits per heavy atom. The van der Waals surface area contributed by atoms with Crippen LogP contribution in [0.2, 0.25) is 5.15 Å². The zero-order valence-electron chi connectivity index (χ0n) is 10.1. The number of pyridine rings is 1. The van der Waals surface area contributed by atoms with E-state index in [2.05, 4.69) is 10.3 Å². The third-order valence-corrected chi connectivity index (χ3v) is 2.57. The summed E-state index contributed by atoms with van der Waals surface area (Å²) in [7, 11) is 3.23. The second-order valence-electron chi connectivity index (χ2n) is 3.59. The van der Waals surface area contributed by atoms with E-state index >= 15 is 0 Å². The number of anilines is 2. The summed E-state index contributed by atoms with van der Waals surface area (Å²) in [5.74, 6) is 1.44. The van der Waals surface area contributed by atoms with Crippen LogP contribution in [0.15, 0.2) is 36.5 Å². The average molecular weight is 265 g/mol. The lowest BCUT2D eigenvalue weighted by Gasteiger charge is -2.10. The number of halogens is 1. The van der Waals surface area contributed by atoms with Gasteiger partial charge in [-0.3, -0.25) is 0 Å². The Kier molecular flexibility index (Phi) is 3.89. The van der Waals surface area contributed by atoms with E-state index in [0.29, 0.717) is 5.15 Å². The first-order chi connectivity index (χ1) is 8.71. The Morgan fingerprint density at radius 3 is 2.22 bits per heavy atom. The van der Waals surface area contributed by atoms with Gasteiger partial charge in [-0.2, -0.15) is 0 Å². The van der Waals surface area contributed by atoms with Gasteiger partial charge in [-0.1, -0.05) is 11.6 Å². The molecule has 0 atom stereocenters. The van der Waals surface area contributed by atoms with Crippen molar-refractivity contribution in [1.29, 1.82) is 0 Å². The van der Waals surface area contributed by atoms with Gasteiger partial charge in [-0.15, -0.1) is 0 Å². The van der Waals surface area contributed by atoms with Crippen molar-refractivity contribution < 1.29 is 9.47 Å². The first-order valence-electron chi connectivity index (χ1n) is 5.33. The van der Waals surface area contributed by atoms with Crippen LogP contribution < -0.4 is 14.8 Å². The molecule has 0 radical (unpaired) electrons. The van der Waals surface area contributed by atoms with Crippen molar-refractivity contribution in [3.05, 3.63) is 41.7 Å². The molecular formula is C13H13ClN2O2. The molecule has 4 nitrogen and oxygen atoms in total. The number of ether oxygens (including phenoxy) is 2. The number of benzene rings is 1. The van der Waals surface area contributed by atoms with Crippen molar-refractivity contribution >= 4 is 23.0 Å². The summed E-state index contributed by atoms with van der Waals surface area (Å²) in [4.78, 5) is 3.92. The van der Waals surface area contributed by atoms with E-state index in [9.17, 15) is 0 Å². The Balaban J connectivity index is 2.28. The first-order valence-corrected chi connectivity index (χ1v) is 5.70. The Bertz CT molecular complexity index is 524. The predicted molar refractivity (Wildman–Crippen MR) is 72.1 cm³/mol. The zero-order chi connectivity index (χ0) is 13.0. The monoisotopic (exact) mass is 264 g/mol. The van der Waals surface area contributed by atoms with Crippen molar-refractivity contribution in [3.63, 3.8) is 0 Å². The minimum atomic E-state index is 0.440. The molecule has 94 valence electrons. The number of nitrogens with zero attached hydrogens (tertiary/aromatic N) is 1. The highest BCUT2D eigenvalue weighted by molar-refractivity contribution is 6.29. The van der Waals surface area contributed by atoms with Crippen LogP contribution in [0, 0.1) is 0 Å². The SMILES string of the molecule is COc1cc(Nc2ccnc(Cl)c2)cc(OC)c1. The van der Waals surface area contributed by atoms with E-state index in [-0.39, 0.29) is 0 Å². The molecular weight excluding hydrogens is 252 g/mol. The summed E-state index contributed by atoms with van der Waals surface area (Å²) < 4.78 is 10.4. The summed E-state index contributed by atoms with van der Waals surface area (Å²) in [6.07, 6.45) is 1.64. The number of hydrogen-bond acceptors (Lipinski definition) is 4. The van der Waals surface area contributed by atoms with Crippen LogP contribution in [0.5, 0.6) is 11.5 Å². The molecule has 0 spiro atoms. The van der Waals surface area contributed by atoms with Crippen molar-refractivity contribution in [3.8, 4) is 11.5 Å². The van der Waals surface area contributed by atoms with E-state index in [1.807, 2.05) is 24.3 Å². The lowest BCUT2D eigenvalue weighted by atomic mass is 10.2. The molecule has 0 unspecified atom stereocenters. The fourth-order valence-electron chi connectivity index (χ4n) is 1.53. The number of nitrogens with one attached hydrogen (secondary N) is 1. The van der Waals surface area contributed by atoms with E-state index in [4.69, 9.17) is 21.1 Å². The molecule has 5 heteroatoms. The second-order valence-corrected chi connectivity index (χ2v) is 3.98. The average Bonchev–Trinajstić information content (AvgIpc) is 2.38. The molecule has 2 rings (SSSR count). The molecule has 0 aliphatic carbocycles. The maximum absolute atomic E-state index is 5.83. The van der Waals surface area contributed by atoms with Crippen LogP contribution >= 0.6 is 11.6 Å². The normalized spacial score (nSPS) is 9.94. The Morgan fingerprint density at radius 2 is 1.67 bits per heavy atom. The molecule has 0 amide bonds. The smallest absolute Gasteiger partial charge is 0.131 e. The summed E-state index contributed by atoms with van der Waals surface area (Å²) >= 11 is 5.83. The molecule has 1 aromatic carbocycles. The predicted octanol–water partition coefficient (Wildman–Crippen LogP) is 3.50. The lowest BCUT2D eigenvalue weighted by molar-refractivity contribution is 0.395. The van der Waals surface area contributed by atoms with E-state index in [0.717, 1.165) is 22.9 Å². The Hall–Kier alpha value is -1.94. The molecule has 0 saturated heterocycles.